The lowest BCUT2D eigenvalue weighted by atomic mass is 10.3. The SMILES string of the molecule is CS(=O)(=O)OCCCNc1nonc1-c1noc(=O)n1-c1ccc(F)c(Br)c1. The van der Waals surface area contributed by atoms with Gasteiger partial charge in [-0.25, -0.2) is 18.4 Å². The van der Waals surface area contributed by atoms with E-state index in [1.807, 2.05) is 0 Å². The van der Waals surface area contributed by atoms with Gasteiger partial charge >= 0.3 is 5.76 Å². The summed E-state index contributed by atoms with van der Waals surface area (Å²) in [5, 5.41) is 14.0. The Morgan fingerprint density at radius 3 is 2.82 bits per heavy atom. The molecule has 0 unspecified atom stereocenters. The van der Waals surface area contributed by atoms with Crippen molar-refractivity contribution >= 4 is 31.9 Å². The molecule has 0 aliphatic heterocycles. The second-order valence-electron chi connectivity index (χ2n) is 5.47. The van der Waals surface area contributed by atoms with E-state index in [0.717, 1.165) is 10.8 Å². The van der Waals surface area contributed by atoms with Crippen LogP contribution in [0.25, 0.3) is 17.2 Å². The third kappa shape index (κ3) is 4.63. The Labute approximate surface area is 165 Å². The van der Waals surface area contributed by atoms with Gasteiger partial charge in [0.15, 0.2) is 5.69 Å². The zero-order chi connectivity index (χ0) is 20.3. The summed E-state index contributed by atoms with van der Waals surface area (Å²) in [7, 11) is -3.51. The molecule has 1 N–H and O–H groups in total. The van der Waals surface area contributed by atoms with Crippen LogP contribution in [0, 0.1) is 5.82 Å². The van der Waals surface area contributed by atoms with Gasteiger partial charge in [0, 0.05) is 6.54 Å². The highest BCUT2D eigenvalue weighted by molar-refractivity contribution is 9.10. The molecule has 150 valence electrons. The molecule has 2 heterocycles. The highest BCUT2D eigenvalue weighted by Gasteiger charge is 2.23. The van der Waals surface area contributed by atoms with Crippen LogP contribution in [0.5, 0.6) is 0 Å². The number of rotatable bonds is 8. The number of hydrogen-bond donors (Lipinski definition) is 1. The van der Waals surface area contributed by atoms with Crippen molar-refractivity contribution in [3.05, 3.63) is 39.0 Å². The quantitative estimate of drug-likeness (QED) is 0.374. The van der Waals surface area contributed by atoms with Crippen molar-refractivity contribution < 1.29 is 26.1 Å². The molecule has 0 spiro atoms. The Hall–Kier alpha value is -2.58. The monoisotopic (exact) mass is 477 g/mol. The summed E-state index contributed by atoms with van der Waals surface area (Å²) in [6.45, 7) is 0.256. The predicted octanol–water partition coefficient (Wildman–Crippen LogP) is 1.56. The van der Waals surface area contributed by atoms with Crippen LogP contribution < -0.4 is 11.1 Å². The Balaban J connectivity index is 1.81. The number of nitrogens with zero attached hydrogens (tertiary/aromatic N) is 4. The van der Waals surface area contributed by atoms with Crippen molar-refractivity contribution in [2.24, 2.45) is 0 Å². The molecule has 0 aliphatic rings. The molecule has 3 aromatic rings. The van der Waals surface area contributed by atoms with Crippen LogP contribution in [-0.4, -0.2) is 47.9 Å². The molecule has 0 aliphatic carbocycles. The summed E-state index contributed by atoms with van der Waals surface area (Å²) in [5.74, 6) is -1.18. The maximum absolute atomic E-state index is 13.5. The van der Waals surface area contributed by atoms with Crippen molar-refractivity contribution in [2.75, 3.05) is 24.7 Å². The Morgan fingerprint density at radius 2 is 2.11 bits per heavy atom. The summed E-state index contributed by atoms with van der Waals surface area (Å²) in [5.41, 5.74) is 0.361. The van der Waals surface area contributed by atoms with E-state index < -0.39 is 21.7 Å². The predicted molar refractivity (Wildman–Crippen MR) is 97.0 cm³/mol. The summed E-state index contributed by atoms with van der Waals surface area (Å²) in [6, 6.07) is 3.91. The fourth-order valence-corrected chi connectivity index (χ4v) is 2.98. The van der Waals surface area contributed by atoms with Gasteiger partial charge in [0.1, 0.15) is 5.82 Å². The standard InChI is InChI=1S/C14H13BrFN5O6S/c1-28(23,24)25-6-2-5-17-12-11(18-27-19-12)13-20-26-14(22)21(13)8-3-4-10(16)9(15)7-8/h3-4,7H,2,5-6H2,1H3,(H,17,19). The van der Waals surface area contributed by atoms with Crippen LogP contribution in [0.1, 0.15) is 6.42 Å². The normalized spacial score (nSPS) is 11.7. The number of nitrogens with one attached hydrogen (secondary N) is 1. The first-order chi connectivity index (χ1) is 13.3. The second kappa shape index (κ2) is 8.20. The molecule has 0 atom stereocenters. The fourth-order valence-electron chi connectivity index (χ4n) is 2.19. The summed E-state index contributed by atoms with van der Waals surface area (Å²) in [6.07, 6.45) is 1.30. The van der Waals surface area contributed by atoms with Crippen LogP contribution in [0.15, 0.2) is 36.6 Å². The van der Waals surface area contributed by atoms with E-state index in [-0.39, 0.29) is 40.6 Å². The van der Waals surface area contributed by atoms with Gasteiger partial charge in [0.2, 0.25) is 11.6 Å². The molecule has 0 amide bonds. The molecule has 11 nitrogen and oxygen atoms in total. The Kier molecular flexibility index (Phi) is 5.90. The smallest absolute Gasteiger partial charge is 0.365 e. The van der Waals surface area contributed by atoms with E-state index in [9.17, 15) is 17.6 Å². The fraction of sp³-hybridized carbons (Fsp3) is 0.286. The lowest BCUT2D eigenvalue weighted by molar-refractivity contribution is 0.308. The molecule has 3 rings (SSSR count). The van der Waals surface area contributed by atoms with Gasteiger partial charge in [-0.2, -0.15) is 8.42 Å². The second-order valence-corrected chi connectivity index (χ2v) is 7.97. The Bertz CT molecular complexity index is 1140. The lowest BCUT2D eigenvalue weighted by Gasteiger charge is -2.06. The van der Waals surface area contributed by atoms with E-state index in [0.29, 0.717) is 6.42 Å². The van der Waals surface area contributed by atoms with E-state index in [2.05, 4.69) is 40.9 Å². The molecular formula is C14H13BrFN5O6S. The van der Waals surface area contributed by atoms with Crippen molar-refractivity contribution in [1.29, 1.82) is 0 Å². The molecule has 0 bridgehead atoms. The van der Waals surface area contributed by atoms with E-state index in [1.165, 1.54) is 18.2 Å². The molecule has 1 aromatic carbocycles. The molecule has 28 heavy (non-hydrogen) atoms. The number of aromatic nitrogens is 4. The van der Waals surface area contributed by atoms with E-state index >= 15 is 0 Å². The Morgan fingerprint density at radius 1 is 1.32 bits per heavy atom. The first-order valence-electron chi connectivity index (χ1n) is 7.71. The zero-order valence-electron chi connectivity index (χ0n) is 14.3. The van der Waals surface area contributed by atoms with Gasteiger partial charge in [-0.3, -0.25) is 8.71 Å². The van der Waals surface area contributed by atoms with Crippen molar-refractivity contribution in [3.63, 3.8) is 0 Å². The number of benzene rings is 1. The highest BCUT2D eigenvalue weighted by Crippen LogP contribution is 2.26. The van der Waals surface area contributed by atoms with Gasteiger partial charge in [-0.15, -0.1) is 0 Å². The molecule has 0 saturated heterocycles. The summed E-state index contributed by atoms with van der Waals surface area (Å²) < 4.78 is 50.6. The molecule has 14 heteroatoms. The van der Waals surface area contributed by atoms with Crippen LogP contribution in [0.3, 0.4) is 0 Å². The first kappa shape index (κ1) is 20.2. The van der Waals surface area contributed by atoms with Crippen molar-refractivity contribution in [1.82, 2.24) is 20.0 Å². The van der Waals surface area contributed by atoms with Crippen molar-refractivity contribution in [2.45, 2.75) is 6.42 Å². The zero-order valence-corrected chi connectivity index (χ0v) is 16.7. The molecular weight excluding hydrogens is 465 g/mol. The summed E-state index contributed by atoms with van der Waals surface area (Å²) >= 11 is 3.05. The van der Waals surface area contributed by atoms with Gasteiger partial charge < -0.3 is 5.32 Å². The van der Waals surface area contributed by atoms with Crippen LogP contribution in [0.2, 0.25) is 0 Å². The van der Waals surface area contributed by atoms with Gasteiger partial charge in [0.05, 0.1) is 23.0 Å². The lowest BCUT2D eigenvalue weighted by Crippen LogP contribution is -2.14. The first-order valence-corrected chi connectivity index (χ1v) is 10.3. The summed E-state index contributed by atoms with van der Waals surface area (Å²) in [4.78, 5) is 12.1. The van der Waals surface area contributed by atoms with Crippen LogP contribution >= 0.6 is 15.9 Å². The largest absolute Gasteiger partial charge is 0.446 e. The average molecular weight is 478 g/mol. The topological polar surface area (TPSA) is 142 Å². The minimum atomic E-state index is -3.51. The minimum absolute atomic E-state index is 0.0142. The van der Waals surface area contributed by atoms with Crippen LogP contribution in [-0.2, 0) is 14.3 Å². The van der Waals surface area contributed by atoms with E-state index in [4.69, 9.17) is 9.15 Å². The molecule has 0 radical (unpaired) electrons. The number of anilines is 1. The molecule has 0 fully saturated rings. The maximum atomic E-state index is 13.5. The highest BCUT2D eigenvalue weighted by atomic mass is 79.9. The number of hydrogen-bond acceptors (Lipinski definition) is 10. The van der Waals surface area contributed by atoms with Crippen molar-refractivity contribution in [3.8, 4) is 17.2 Å². The van der Waals surface area contributed by atoms with Gasteiger partial charge in [-0.1, -0.05) is 5.16 Å². The maximum Gasteiger partial charge on any atom is 0.446 e. The molecule has 0 saturated carbocycles. The molecule has 2 aromatic heterocycles. The van der Waals surface area contributed by atoms with Gasteiger partial charge in [0.25, 0.3) is 10.1 Å². The third-order valence-corrected chi connectivity index (χ3v) is 4.58. The average Bonchev–Trinajstić information content (AvgIpc) is 3.22. The number of halogens is 2. The van der Waals surface area contributed by atoms with Gasteiger partial charge in [-0.05, 0) is 50.9 Å². The van der Waals surface area contributed by atoms with E-state index in [1.54, 1.807) is 0 Å². The van der Waals surface area contributed by atoms with Crippen LogP contribution in [0.4, 0.5) is 10.2 Å². The minimum Gasteiger partial charge on any atom is -0.365 e. The third-order valence-electron chi connectivity index (χ3n) is 3.38.